The SMILES string of the molecule is CC\C=C/C=C\C=C/C=C\CCCCCCCC(=O)OCC(COC(=O)CCCCCCCCCCC)OC(=O)CCCCCCCCCCCCCCCC. The van der Waals surface area contributed by atoms with E-state index < -0.39 is 6.10 Å². The number of esters is 3. The van der Waals surface area contributed by atoms with Crippen LogP contribution in [-0.2, 0) is 28.6 Å². The van der Waals surface area contributed by atoms with Crippen molar-refractivity contribution in [1.29, 1.82) is 0 Å². The van der Waals surface area contributed by atoms with Crippen molar-refractivity contribution in [2.24, 2.45) is 0 Å². The van der Waals surface area contributed by atoms with E-state index in [1.807, 2.05) is 18.2 Å². The summed E-state index contributed by atoms with van der Waals surface area (Å²) in [7, 11) is 0. The monoisotopic (exact) mass is 785 g/mol. The van der Waals surface area contributed by atoms with Crippen molar-refractivity contribution < 1.29 is 28.6 Å². The Morgan fingerprint density at radius 2 is 0.696 bits per heavy atom. The average molecular weight is 785 g/mol. The van der Waals surface area contributed by atoms with Crippen molar-refractivity contribution in [2.75, 3.05) is 13.2 Å². The molecule has 56 heavy (non-hydrogen) atoms. The van der Waals surface area contributed by atoms with Gasteiger partial charge in [0.15, 0.2) is 6.10 Å². The Morgan fingerprint density at radius 1 is 0.375 bits per heavy atom. The average Bonchev–Trinajstić information content (AvgIpc) is 3.19. The van der Waals surface area contributed by atoms with Gasteiger partial charge in [-0.3, -0.25) is 14.4 Å². The topological polar surface area (TPSA) is 78.9 Å². The van der Waals surface area contributed by atoms with Crippen LogP contribution in [0.15, 0.2) is 48.6 Å². The Balaban J connectivity index is 4.37. The molecule has 0 aliphatic heterocycles. The summed E-state index contributed by atoms with van der Waals surface area (Å²) in [6.45, 7) is 6.46. The highest BCUT2D eigenvalue weighted by atomic mass is 16.6. The predicted octanol–water partition coefficient (Wildman–Crippen LogP) is 15.1. The Morgan fingerprint density at radius 3 is 1.09 bits per heavy atom. The van der Waals surface area contributed by atoms with Crippen molar-refractivity contribution >= 4 is 17.9 Å². The van der Waals surface area contributed by atoms with Crippen LogP contribution in [-0.4, -0.2) is 37.2 Å². The summed E-state index contributed by atoms with van der Waals surface area (Å²) in [5.41, 5.74) is 0. The molecule has 0 amide bonds. The van der Waals surface area contributed by atoms with Gasteiger partial charge >= 0.3 is 17.9 Å². The van der Waals surface area contributed by atoms with Crippen LogP contribution in [0.3, 0.4) is 0 Å². The fourth-order valence-electron chi connectivity index (χ4n) is 6.63. The van der Waals surface area contributed by atoms with Crippen LogP contribution in [0.4, 0.5) is 0 Å². The minimum Gasteiger partial charge on any atom is -0.462 e. The minimum atomic E-state index is -0.776. The molecular weight excluding hydrogens is 697 g/mol. The maximum atomic E-state index is 12.7. The molecule has 0 rings (SSSR count). The third-order valence-corrected chi connectivity index (χ3v) is 10.2. The van der Waals surface area contributed by atoms with Crippen molar-refractivity contribution in [1.82, 2.24) is 0 Å². The van der Waals surface area contributed by atoms with Crippen molar-refractivity contribution in [3.8, 4) is 0 Å². The molecule has 0 aromatic rings. The fourth-order valence-corrected chi connectivity index (χ4v) is 6.63. The van der Waals surface area contributed by atoms with E-state index in [4.69, 9.17) is 14.2 Å². The molecule has 0 saturated heterocycles. The van der Waals surface area contributed by atoms with Gasteiger partial charge in [-0.05, 0) is 38.5 Å². The number of rotatable bonds is 42. The van der Waals surface area contributed by atoms with Crippen LogP contribution in [0.1, 0.15) is 233 Å². The summed E-state index contributed by atoms with van der Waals surface area (Å²) >= 11 is 0. The summed E-state index contributed by atoms with van der Waals surface area (Å²) in [6.07, 6.45) is 52.3. The Labute approximate surface area is 346 Å². The Hall–Kier alpha value is -2.63. The highest BCUT2D eigenvalue weighted by molar-refractivity contribution is 5.71. The second kappa shape index (κ2) is 45.1. The molecule has 0 aliphatic rings. The van der Waals surface area contributed by atoms with E-state index in [-0.39, 0.29) is 31.1 Å². The van der Waals surface area contributed by atoms with E-state index in [9.17, 15) is 14.4 Å². The first-order valence-corrected chi connectivity index (χ1v) is 23.7. The van der Waals surface area contributed by atoms with Crippen LogP contribution < -0.4 is 0 Å². The van der Waals surface area contributed by atoms with Gasteiger partial charge in [0, 0.05) is 19.3 Å². The van der Waals surface area contributed by atoms with Crippen LogP contribution >= 0.6 is 0 Å². The zero-order valence-corrected chi connectivity index (χ0v) is 36.9. The lowest BCUT2D eigenvalue weighted by atomic mass is 10.0. The molecule has 1 atom stereocenters. The lowest BCUT2D eigenvalue weighted by Gasteiger charge is -2.18. The van der Waals surface area contributed by atoms with Gasteiger partial charge in [-0.2, -0.15) is 0 Å². The van der Waals surface area contributed by atoms with Crippen molar-refractivity contribution in [2.45, 2.75) is 239 Å². The fraction of sp³-hybridized carbons (Fsp3) is 0.780. The van der Waals surface area contributed by atoms with E-state index in [2.05, 4.69) is 51.2 Å². The number of carbonyl (C=O) groups is 3. The molecule has 0 bridgehead atoms. The lowest BCUT2D eigenvalue weighted by molar-refractivity contribution is -0.167. The predicted molar refractivity (Wildman–Crippen MR) is 238 cm³/mol. The first kappa shape index (κ1) is 53.4. The van der Waals surface area contributed by atoms with Crippen molar-refractivity contribution in [3.05, 3.63) is 48.6 Å². The van der Waals surface area contributed by atoms with E-state index in [0.717, 1.165) is 83.5 Å². The molecule has 324 valence electrons. The standard InChI is InChI=1S/C50H88O6/c1-4-7-10-13-16-19-21-23-25-27-28-31-34-37-40-43-49(52)55-46-47(45-54-48(51)42-39-36-33-30-18-15-12-9-6-3)56-50(53)44-41-38-35-32-29-26-24-22-20-17-14-11-8-5-2/h7,10,13,16,19,21,23,25,47H,4-6,8-9,11-12,14-15,17-18,20,22,24,26-46H2,1-3H3/b10-7-,16-13-,21-19-,25-23-. The molecule has 0 fully saturated rings. The van der Waals surface area contributed by atoms with Gasteiger partial charge in [-0.15, -0.1) is 0 Å². The van der Waals surface area contributed by atoms with Gasteiger partial charge in [-0.1, -0.05) is 223 Å². The third kappa shape index (κ3) is 42.5. The summed E-state index contributed by atoms with van der Waals surface area (Å²) in [4.78, 5) is 37.7. The Kier molecular flexibility index (Phi) is 43.0. The number of allylic oxidation sites excluding steroid dienone is 8. The minimum absolute atomic E-state index is 0.0781. The van der Waals surface area contributed by atoms with E-state index in [1.165, 1.54) is 109 Å². The number of hydrogen-bond acceptors (Lipinski definition) is 6. The number of hydrogen-bond donors (Lipinski definition) is 0. The summed E-state index contributed by atoms with van der Waals surface area (Å²) in [5, 5.41) is 0. The number of carbonyl (C=O) groups excluding carboxylic acids is 3. The molecule has 0 aromatic heterocycles. The van der Waals surface area contributed by atoms with Crippen molar-refractivity contribution in [3.63, 3.8) is 0 Å². The molecule has 6 heteroatoms. The summed E-state index contributed by atoms with van der Waals surface area (Å²) in [6, 6.07) is 0. The third-order valence-electron chi connectivity index (χ3n) is 10.2. The summed E-state index contributed by atoms with van der Waals surface area (Å²) < 4.78 is 16.7. The maximum Gasteiger partial charge on any atom is 0.306 e. The van der Waals surface area contributed by atoms with Crippen LogP contribution in [0, 0.1) is 0 Å². The van der Waals surface area contributed by atoms with E-state index in [0.29, 0.717) is 19.3 Å². The first-order valence-electron chi connectivity index (χ1n) is 23.7. The molecule has 0 heterocycles. The second-order valence-corrected chi connectivity index (χ2v) is 15.7. The number of unbranched alkanes of at least 4 members (excludes halogenated alkanes) is 26. The second-order valence-electron chi connectivity index (χ2n) is 15.7. The molecule has 0 saturated carbocycles. The van der Waals surface area contributed by atoms with E-state index >= 15 is 0 Å². The van der Waals surface area contributed by atoms with Gasteiger partial charge in [0.05, 0.1) is 0 Å². The molecule has 0 aliphatic carbocycles. The molecule has 0 radical (unpaired) electrons. The highest BCUT2D eigenvalue weighted by Gasteiger charge is 2.19. The van der Waals surface area contributed by atoms with Gasteiger partial charge in [0.25, 0.3) is 0 Å². The molecule has 6 nitrogen and oxygen atoms in total. The molecule has 0 N–H and O–H groups in total. The lowest BCUT2D eigenvalue weighted by Crippen LogP contribution is -2.30. The van der Waals surface area contributed by atoms with Crippen LogP contribution in [0.2, 0.25) is 0 Å². The zero-order valence-electron chi connectivity index (χ0n) is 36.9. The quantitative estimate of drug-likeness (QED) is 0.0265. The maximum absolute atomic E-state index is 12.7. The van der Waals surface area contributed by atoms with E-state index in [1.54, 1.807) is 0 Å². The van der Waals surface area contributed by atoms with Gasteiger partial charge in [0.1, 0.15) is 13.2 Å². The zero-order chi connectivity index (χ0) is 40.8. The molecular formula is C50H88O6. The molecule has 0 aromatic carbocycles. The normalized spacial score (nSPS) is 12.4. The van der Waals surface area contributed by atoms with Gasteiger partial charge in [0.2, 0.25) is 0 Å². The number of ether oxygens (including phenoxy) is 3. The largest absolute Gasteiger partial charge is 0.462 e. The molecule has 0 spiro atoms. The molecule has 1 unspecified atom stereocenters. The smallest absolute Gasteiger partial charge is 0.306 e. The van der Waals surface area contributed by atoms with Crippen LogP contribution in [0.25, 0.3) is 0 Å². The highest BCUT2D eigenvalue weighted by Crippen LogP contribution is 2.15. The Bertz CT molecular complexity index is 996. The summed E-state index contributed by atoms with van der Waals surface area (Å²) in [5.74, 6) is -0.901. The van der Waals surface area contributed by atoms with Gasteiger partial charge < -0.3 is 14.2 Å². The first-order chi connectivity index (χ1) is 27.5. The van der Waals surface area contributed by atoms with Crippen LogP contribution in [0.5, 0.6) is 0 Å². The van der Waals surface area contributed by atoms with Gasteiger partial charge in [-0.25, -0.2) is 0 Å².